The van der Waals surface area contributed by atoms with Crippen LogP contribution in [0.25, 0.3) is 0 Å². The second kappa shape index (κ2) is 7.97. The van der Waals surface area contributed by atoms with Crippen LogP contribution in [0.4, 0.5) is 0 Å². The third-order valence-electron chi connectivity index (χ3n) is 4.41. The smallest absolute Gasteiger partial charge is 0.320 e. The summed E-state index contributed by atoms with van der Waals surface area (Å²) in [6.45, 7) is 2.71. The molecule has 24 heavy (non-hydrogen) atoms. The average molecular weight is 329 g/mol. The fourth-order valence-corrected chi connectivity index (χ4v) is 3.13. The van der Waals surface area contributed by atoms with E-state index in [1.54, 1.807) is 12.5 Å². The molecule has 1 aromatic carbocycles. The molecular weight excluding hydrogens is 306 g/mol. The first kappa shape index (κ1) is 16.5. The first-order valence-electron chi connectivity index (χ1n) is 8.37. The minimum Gasteiger partial charge on any atom is -0.491 e. The summed E-state index contributed by atoms with van der Waals surface area (Å²) in [5.74, 6) is 0.0977. The van der Waals surface area contributed by atoms with E-state index in [0.717, 1.165) is 43.7 Å². The summed E-state index contributed by atoms with van der Waals surface area (Å²) in [5.41, 5.74) is 1.04. The van der Waals surface area contributed by atoms with Gasteiger partial charge in [0.2, 0.25) is 0 Å². The lowest BCUT2D eigenvalue weighted by Gasteiger charge is -2.33. The Balaban J connectivity index is 1.63. The largest absolute Gasteiger partial charge is 0.491 e. The van der Waals surface area contributed by atoms with Gasteiger partial charge in [-0.2, -0.15) is 0 Å². The lowest BCUT2D eigenvalue weighted by atomic mass is 10.0. The van der Waals surface area contributed by atoms with Crippen LogP contribution in [-0.2, 0) is 17.9 Å². The number of carbonyl (C=O) groups is 1. The fraction of sp³-hybridized carbons (Fsp3) is 0.444. The van der Waals surface area contributed by atoms with Crippen molar-refractivity contribution in [2.24, 2.45) is 0 Å². The Hall–Kier alpha value is -2.34. The average Bonchev–Trinajstić information content (AvgIpc) is 3.10. The molecule has 1 unspecified atom stereocenters. The molecule has 3 rings (SSSR count). The third-order valence-corrected chi connectivity index (χ3v) is 4.41. The highest BCUT2D eigenvalue weighted by molar-refractivity contribution is 5.73. The van der Waals surface area contributed by atoms with Gasteiger partial charge < -0.3 is 14.4 Å². The Morgan fingerprint density at radius 3 is 3.00 bits per heavy atom. The van der Waals surface area contributed by atoms with Crippen LogP contribution < -0.4 is 4.74 Å². The summed E-state index contributed by atoms with van der Waals surface area (Å²) in [6, 6.07) is 7.49. The summed E-state index contributed by atoms with van der Waals surface area (Å²) in [5, 5.41) is 9.42. The van der Waals surface area contributed by atoms with Crippen LogP contribution in [0, 0.1) is 0 Å². The number of aliphatic carboxylic acids is 1. The van der Waals surface area contributed by atoms with E-state index in [2.05, 4.69) is 4.98 Å². The number of hydrogen-bond acceptors (Lipinski definition) is 4. The molecule has 128 valence electrons. The van der Waals surface area contributed by atoms with Crippen molar-refractivity contribution < 1.29 is 14.6 Å². The van der Waals surface area contributed by atoms with Crippen LogP contribution >= 0.6 is 0 Å². The summed E-state index contributed by atoms with van der Waals surface area (Å²) in [4.78, 5) is 17.5. The molecule has 1 atom stereocenters. The van der Waals surface area contributed by atoms with Gasteiger partial charge in [-0.3, -0.25) is 9.69 Å². The second-order valence-electron chi connectivity index (χ2n) is 6.08. The maximum atomic E-state index is 11.5. The Morgan fingerprint density at radius 1 is 1.33 bits per heavy atom. The van der Waals surface area contributed by atoms with Crippen molar-refractivity contribution in [2.75, 3.05) is 13.2 Å². The number of hydrogen-bond donors (Lipinski definition) is 1. The Labute approximate surface area is 141 Å². The van der Waals surface area contributed by atoms with Gasteiger partial charge in [-0.25, -0.2) is 4.98 Å². The quantitative estimate of drug-likeness (QED) is 0.845. The molecular formula is C18H23N3O3. The van der Waals surface area contributed by atoms with Crippen molar-refractivity contribution in [3.63, 3.8) is 0 Å². The normalized spacial score (nSPS) is 18.4. The molecule has 1 aliphatic rings. The number of likely N-dealkylation sites (tertiary alicyclic amines) is 1. The minimum atomic E-state index is -0.729. The molecule has 1 N–H and O–H groups in total. The van der Waals surface area contributed by atoms with Crippen molar-refractivity contribution in [3.05, 3.63) is 48.5 Å². The highest BCUT2D eigenvalue weighted by Gasteiger charge is 2.28. The molecule has 0 spiro atoms. The zero-order valence-corrected chi connectivity index (χ0v) is 13.7. The van der Waals surface area contributed by atoms with E-state index < -0.39 is 12.0 Å². The lowest BCUT2D eigenvalue weighted by Crippen LogP contribution is -2.44. The summed E-state index contributed by atoms with van der Waals surface area (Å²) in [6.07, 6.45) is 8.17. The van der Waals surface area contributed by atoms with E-state index in [9.17, 15) is 9.90 Å². The number of rotatable bonds is 7. The first-order chi connectivity index (χ1) is 11.7. The lowest BCUT2D eigenvalue weighted by molar-refractivity contribution is -0.144. The number of carboxylic acid groups (broad SMARTS) is 1. The van der Waals surface area contributed by atoms with Gasteiger partial charge in [-0.15, -0.1) is 0 Å². The number of nitrogens with zero attached hydrogens (tertiary/aromatic N) is 3. The van der Waals surface area contributed by atoms with E-state index >= 15 is 0 Å². The maximum absolute atomic E-state index is 11.5. The molecule has 0 amide bonds. The predicted molar refractivity (Wildman–Crippen MR) is 89.8 cm³/mol. The van der Waals surface area contributed by atoms with Gasteiger partial charge in [0.1, 0.15) is 18.4 Å². The van der Waals surface area contributed by atoms with Crippen LogP contribution in [0.3, 0.4) is 0 Å². The summed E-state index contributed by atoms with van der Waals surface area (Å²) in [7, 11) is 0. The van der Waals surface area contributed by atoms with Gasteiger partial charge in [-0.1, -0.05) is 24.6 Å². The Bertz CT molecular complexity index is 657. The molecule has 2 aromatic rings. The number of carboxylic acids is 1. The van der Waals surface area contributed by atoms with Crippen LogP contribution in [0.5, 0.6) is 5.75 Å². The highest BCUT2D eigenvalue weighted by atomic mass is 16.5. The summed E-state index contributed by atoms with van der Waals surface area (Å²) >= 11 is 0. The molecule has 6 heteroatoms. The monoisotopic (exact) mass is 329 g/mol. The van der Waals surface area contributed by atoms with Crippen molar-refractivity contribution in [2.45, 2.75) is 38.4 Å². The number of benzene rings is 1. The van der Waals surface area contributed by atoms with E-state index in [1.807, 2.05) is 39.9 Å². The van der Waals surface area contributed by atoms with Crippen LogP contribution in [0.2, 0.25) is 0 Å². The number of ether oxygens (including phenoxy) is 1. The van der Waals surface area contributed by atoms with Gasteiger partial charge in [0.05, 0.1) is 12.9 Å². The van der Waals surface area contributed by atoms with Gasteiger partial charge in [0.15, 0.2) is 0 Å². The van der Waals surface area contributed by atoms with Gasteiger partial charge >= 0.3 is 5.97 Å². The molecule has 0 saturated carbocycles. The van der Waals surface area contributed by atoms with E-state index in [1.165, 1.54) is 0 Å². The summed E-state index contributed by atoms with van der Waals surface area (Å²) < 4.78 is 7.89. The van der Waals surface area contributed by atoms with Crippen LogP contribution in [0.1, 0.15) is 24.8 Å². The zero-order chi connectivity index (χ0) is 16.8. The van der Waals surface area contributed by atoms with Crippen LogP contribution in [0.15, 0.2) is 43.0 Å². The van der Waals surface area contributed by atoms with Gasteiger partial charge in [0, 0.05) is 24.5 Å². The number of imidazole rings is 1. The van der Waals surface area contributed by atoms with Gasteiger partial charge in [0.25, 0.3) is 0 Å². The molecule has 1 aliphatic heterocycles. The second-order valence-corrected chi connectivity index (χ2v) is 6.08. The molecule has 0 aliphatic carbocycles. The third kappa shape index (κ3) is 4.14. The molecule has 2 heterocycles. The molecule has 1 fully saturated rings. The number of para-hydroxylation sites is 1. The Kier molecular flexibility index (Phi) is 5.48. The van der Waals surface area contributed by atoms with Crippen molar-refractivity contribution in [3.8, 4) is 5.75 Å². The Morgan fingerprint density at radius 2 is 2.21 bits per heavy atom. The highest BCUT2D eigenvalue weighted by Crippen LogP contribution is 2.25. The SMILES string of the molecule is O=C(O)C1CCCCN1Cc1ccccc1OCCn1ccnc1. The predicted octanol–water partition coefficient (Wildman–Crippen LogP) is 2.40. The van der Waals surface area contributed by atoms with Gasteiger partial charge in [-0.05, 0) is 25.5 Å². The van der Waals surface area contributed by atoms with Crippen molar-refractivity contribution in [1.82, 2.24) is 14.5 Å². The molecule has 0 bridgehead atoms. The standard InChI is InChI=1S/C18H23N3O3/c22-18(23)16-6-3-4-9-21(16)13-15-5-1-2-7-17(15)24-12-11-20-10-8-19-14-20/h1-2,5,7-8,10,14,16H,3-4,6,9,11-13H2,(H,22,23). The first-order valence-corrected chi connectivity index (χ1v) is 8.37. The maximum Gasteiger partial charge on any atom is 0.320 e. The van der Waals surface area contributed by atoms with E-state index in [-0.39, 0.29) is 0 Å². The number of aromatic nitrogens is 2. The van der Waals surface area contributed by atoms with Crippen molar-refractivity contribution >= 4 is 5.97 Å². The van der Waals surface area contributed by atoms with E-state index in [4.69, 9.17) is 4.74 Å². The van der Waals surface area contributed by atoms with Crippen LogP contribution in [-0.4, -0.2) is 44.7 Å². The minimum absolute atomic E-state index is 0.391. The number of piperidine rings is 1. The molecule has 6 nitrogen and oxygen atoms in total. The van der Waals surface area contributed by atoms with E-state index in [0.29, 0.717) is 13.2 Å². The molecule has 1 aromatic heterocycles. The fourth-order valence-electron chi connectivity index (χ4n) is 3.13. The molecule has 0 radical (unpaired) electrons. The molecule has 1 saturated heterocycles. The topological polar surface area (TPSA) is 67.6 Å². The van der Waals surface area contributed by atoms with Crippen molar-refractivity contribution in [1.29, 1.82) is 0 Å². The zero-order valence-electron chi connectivity index (χ0n) is 13.7.